The highest BCUT2D eigenvalue weighted by molar-refractivity contribution is 7.90. The van der Waals surface area contributed by atoms with E-state index in [1.165, 1.54) is 12.1 Å². The zero-order valence-electron chi connectivity index (χ0n) is 19.6. The summed E-state index contributed by atoms with van der Waals surface area (Å²) in [6.07, 6.45) is 1.25. The highest BCUT2D eigenvalue weighted by Crippen LogP contribution is 2.30. The van der Waals surface area contributed by atoms with Crippen molar-refractivity contribution in [1.82, 2.24) is 14.5 Å². The van der Waals surface area contributed by atoms with Crippen LogP contribution in [0.15, 0.2) is 59.5 Å². The van der Waals surface area contributed by atoms with Crippen LogP contribution in [0.5, 0.6) is 0 Å². The number of hydrogen-bond donors (Lipinski definition) is 1. The molecule has 0 aromatic heterocycles. The van der Waals surface area contributed by atoms with E-state index in [1.54, 1.807) is 17.0 Å². The number of carbonyl (C=O) groups is 3. The van der Waals surface area contributed by atoms with Crippen molar-refractivity contribution in [1.29, 1.82) is 0 Å². The number of sulfonamides is 1. The van der Waals surface area contributed by atoms with Gasteiger partial charge in [-0.25, -0.2) is 12.7 Å². The molecule has 2 aromatic carbocycles. The largest absolute Gasteiger partial charge is 0.355 e. The Labute approximate surface area is 201 Å². The third-order valence-electron chi connectivity index (χ3n) is 5.89. The summed E-state index contributed by atoms with van der Waals surface area (Å²) in [6.45, 7) is 4.42. The van der Waals surface area contributed by atoms with Gasteiger partial charge in [-0.05, 0) is 43.9 Å². The molecule has 0 saturated heterocycles. The molecule has 1 aliphatic heterocycles. The lowest BCUT2D eigenvalue weighted by Crippen LogP contribution is -2.50. The van der Waals surface area contributed by atoms with E-state index in [-0.39, 0.29) is 41.7 Å². The Hall–Kier alpha value is -3.20. The molecule has 0 spiro atoms. The Kier molecular flexibility index (Phi) is 8.44. The molecule has 0 fully saturated rings. The van der Waals surface area contributed by atoms with Gasteiger partial charge in [0.05, 0.1) is 5.56 Å². The molecule has 182 valence electrons. The summed E-state index contributed by atoms with van der Waals surface area (Å²) in [5.74, 6) is -1.02. The molecule has 2 aromatic rings. The highest BCUT2D eigenvalue weighted by Gasteiger charge is 2.40. The third-order valence-corrected chi connectivity index (χ3v) is 7.73. The van der Waals surface area contributed by atoms with Crippen molar-refractivity contribution in [2.24, 2.45) is 0 Å². The van der Waals surface area contributed by atoms with Crippen LogP contribution in [0.4, 0.5) is 0 Å². The van der Waals surface area contributed by atoms with Crippen molar-refractivity contribution in [3.8, 4) is 0 Å². The van der Waals surface area contributed by atoms with E-state index in [0.29, 0.717) is 25.9 Å². The number of nitrogens with one attached hydrogen (secondary N) is 1. The van der Waals surface area contributed by atoms with Gasteiger partial charge in [0, 0.05) is 26.1 Å². The summed E-state index contributed by atoms with van der Waals surface area (Å²) >= 11 is 0. The normalized spacial score (nSPS) is 15.0. The second kappa shape index (κ2) is 11.3. The standard InChI is InChI=1S/C25H31N3O5S/c1-3-21(24(30)26-4-2)27(18-16-19-11-6-5-7-12-19)23(29)15-10-17-28-25(31)20-13-8-9-14-22(20)34(28,32)33/h5-9,11-14,21H,3-4,10,15-18H2,1-2H3,(H,26,30). The first-order valence-electron chi connectivity index (χ1n) is 11.6. The minimum absolute atomic E-state index is 0.00176. The van der Waals surface area contributed by atoms with Crippen LogP contribution in [-0.2, 0) is 26.0 Å². The van der Waals surface area contributed by atoms with Gasteiger partial charge in [-0.1, -0.05) is 49.4 Å². The number of likely N-dealkylation sites (N-methyl/N-ethyl adjacent to an activating group) is 1. The molecule has 34 heavy (non-hydrogen) atoms. The first kappa shape index (κ1) is 25.4. The number of nitrogens with zero attached hydrogens (tertiary/aromatic N) is 2. The maximum absolute atomic E-state index is 13.2. The van der Waals surface area contributed by atoms with Gasteiger partial charge in [0.1, 0.15) is 10.9 Å². The minimum atomic E-state index is -3.91. The maximum Gasteiger partial charge on any atom is 0.269 e. The topological polar surface area (TPSA) is 104 Å². The molecule has 0 aliphatic carbocycles. The van der Waals surface area contributed by atoms with Crippen LogP contribution in [0, 0.1) is 0 Å². The van der Waals surface area contributed by atoms with E-state index in [4.69, 9.17) is 0 Å². The average Bonchev–Trinajstić information content (AvgIpc) is 3.03. The van der Waals surface area contributed by atoms with Crippen molar-refractivity contribution >= 4 is 27.7 Å². The molecule has 3 rings (SSSR count). The van der Waals surface area contributed by atoms with Crippen LogP contribution in [0.1, 0.15) is 49.0 Å². The number of amides is 3. The van der Waals surface area contributed by atoms with Gasteiger partial charge in [0.2, 0.25) is 11.8 Å². The van der Waals surface area contributed by atoms with Gasteiger partial charge >= 0.3 is 0 Å². The zero-order chi connectivity index (χ0) is 24.7. The molecular formula is C25H31N3O5S. The van der Waals surface area contributed by atoms with Crippen LogP contribution in [0.2, 0.25) is 0 Å². The summed E-state index contributed by atoms with van der Waals surface area (Å²) in [7, 11) is -3.91. The van der Waals surface area contributed by atoms with Crippen LogP contribution in [-0.4, -0.2) is 61.0 Å². The monoisotopic (exact) mass is 485 g/mol. The average molecular weight is 486 g/mol. The fourth-order valence-electron chi connectivity index (χ4n) is 4.16. The minimum Gasteiger partial charge on any atom is -0.355 e. The lowest BCUT2D eigenvalue weighted by Gasteiger charge is -2.30. The maximum atomic E-state index is 13.2. The number of benzene rings is 2. The second-order valence-electron chi connectivity index (χ2n) is 8.12. The molecule has 8 nitrogen and oxygen atoms in total. The molecular weight excluding hydrogens is 454 g/mol. The van der Waals surface area contributed by atoms with E-state index in [1.807, 2.05) is 44.2 Å². The van der Waals surface area contributed by atoms with Crippen LogP contribution in [0.3, 0.4) is 0 Å². The van der Waals surface area contributed by atoms with Crippen molar-refractivity contribution in [2.45, 2.75) is 50.5 Å². The molecule has 1 unspecified atom stereocenters. The van der Waals surface area contributed by atoms with Gasteiger partial charge in [-0.3, -0.25) is 14.4 Å². The smallest absolute Gasteiger partial charge is 0.269 e. The van der Waals surface area contributed by atoms with Gasteiger partial charge in [-0.2, -0.15) is 0 Å². The van der Waals surface area contributed by atoms with Crippen molar-refractivity contribution < 1.29 is 22.8 Å². The van der Waals surface area contributed by atoms with Crippen molar-refractivity contribution in [3.63, 3.8) is 0 Å². The summed E-state index contributed by atoms with van der Waals surface area (Å²) in [6, 6.07) is 15.2. The van der Waals surface area contributed by atoms with Gasteiger partial charge in [0.15, 0.2) is 0 Å². The number of rotatable bonds is 11. The lowest BCUT2D eigenvalue weighted by atomic mass is 10.1. The molecule has 1 aliphatic rings. The molecule has 0 radical (unpaired) electrons. The van der Waals surface area contributed by atoms with E-state index >= 15 is 0 Å². The first-order chi connectivity index (χ1) is 16.3. The van der Waals surface area contributed by atoms with Gasteiger partial charge < -0.3 is 10.2 Å². The van der Waals surface area contributed by atoms with Gasteiger partial charge in [-0.15, -0.1) is 0 Å². The second-order valence-corrected chi connectivity index (χ2v) is 9.95. The van der Waals surface area contributed by atoms with Crippen LogP contribution < -0.4 is 5.32 Å². The first-order valence-corrected chi connectivity index (χ1v) is 13.0. The Morgan fingerprint density at radius 3 is 2.35 bits per heavy atom. The van der Waals surface area contributed by atoms with Crippen LogP contribution >= 0.6 is 0 Å². The Balaban J connectivity index is 1.68. The van der Waals surface area contributed by atoms with E-state index in [9.17, 15) is 22.8 Å². The Bertz CT molecular complexity index is 1130. The Morgan fingerprint density at radius 2 is 1.71 bits per heavy atom. The molecule has 1 heterocycles. The van der Waals surface area contributed by atoms with Crippen LogP contribution in [0.25, 0.3) is 0 Å². The number of carbonyl (C=O) groups excluding carboxylic acids is 3. The van der Waals surface area contributed by atoms with Crippen molar-refractivity contribution in [2.75, 3.05) is 19.6 Å². The fourth-order valence-corrected chi connectivity index (χ4v) is 5.76. The Morgan fingerprint density at radius 1 is 1.03 bits per heavy atom. The molecule has 9 heteroatoms. The summed E-state index contributed by atoms with van der Waals surface area (Å²) in [5.41, 5.74) is 1.21. The molecule has 1 atom stereocenters. The zero-order valence-corrected chi connectivity index (χ0v) is 20.4. The lowest BCUT2D eigenvalue weighted by molar-refractivity contribution is -0.140. The molecule has 0 bridgehead atoms. The number of hydrogen-bond acceptors (Lipinski definition) is 5. The number of fused-ring (bicyclic) bond motifs is 1. The quantitative estimate of drug-likeness (QED) is 0.527. The highest BCUT2D eigenvalue weighted by atomic mass is 32.2. The summed E-state index contributed by atoms with van der Waals surface area (Å²) < 4.78 is 26.3. The molecule has 1 N–H and O–H groups in total. The van der Waals surface area contributed by atoms with Gasteiger partial charge in [0.25, 0.3) is 15.9 Å². The SMILES string of the molecule is CCNC(=O)C(CC)N(CCc1ccccc1)C(=O)CCCN1C(=O)c2ccccc2S1(=O)=O. The van der Waals surface area contributed by atoms with E-state index in [0.717, 1.165) is 9.87 Å². The summed E-state index contributed by atoms with van der Waals surface area (Å²) in [4.78, 5) is 40.0. The third kappa shape index (κ3) is 5.47. The van der Waals surface area contributed by atoms with Crippen molar-refractivity contribution in [3.05, 3.63) is 65.7 Å². The molecule has 3 amide bonds. The predicted molar refractivity (Wildman–Crippen MR) is 129 cm³/mol. The fraction of sp³-hybridized carbons (Fsp3) is 0.400. The predicted octanol–water partition coefficient (Wildman–Crippen LogP) is 2.60. The summed E-state index contributed by atoms with van der Waals surface area (Å²) in [5, 5.41) is 2.79. The van der Waals surface area contributed by atoms with E-state index in [2.05, 4.69) is 5.32 Å². The van der Waals surface area contributed by atoms with E-state index < -0.39 is 22.0 Å². The molecule has 0 saturated carbocycles.